The van der Waals surface area contributed by atoms with Gasteiger partial charge in [-0.2, -0.15) is 0 Å². The van der Waals surface area contributed by atoms with Crippen LogP contribution >= 0.6 is 0 Å². The van der Waals surface area contributed by atoms with Crippen LogP contribution in [0.1, 0.15) is 233 Å². The molecule has 0 aliphatic rings. The van der Waals surface area contributed by atoms with Crippen molar-refractivity contribution in [2.75, 3.05) is 26.2 Å². The Balaban J connectivity index is -0.000000348. The Bertz CT molecular complexity index is 348. The summed E-state index contributed by atoms with van der Waals surface area (Å²) in [6.07, 6.45) is 46.3. The Kier molecular flexibility index (Phi) is 61.8. The zero-order valence-electron chi connectivity index (χ0n) is 31.4. The molecule has 0 atom stereocenters. The highest BCUT2D eigenvalue weighted by Gasteiger charge is 1.97. The Morgan fingerprint density at radius 2 is 0.341 bits per heavy atom. The molecule has 0 aliphatic carbocycles. The van der Waals surface area contributed by atoms with Gasteiger partial charge in [-0.05, 0) is 51.4 Å². The van der Waals surface area contributed by atoms with Crippen molar-refractivity contribution in [1.82, 2.24) is 0 Å². The predicted octanol–water partition coefficient (Wildman–Crippen LogP) is 5.67. The van der Waals surface area contributed by atoms with Crippen LogP contribution in [0.5, 0.6) is 0 Å². The molecule has 0 saturated carbocycles. The van der Waals surface area contributed by atoms with Crippen LogP contribution in [0, 0.1) is 0 Å². The summed E-state index contributed by atoms with van der Waals surface area (Å²) in [7, 11) is 0. The Hall–Kier alpha value is 0.500. The average Bonchev–Trinajstić information content (AvgIpc) is 3.00. The van der Waals surface area contributed by atoms with Crippen molar-refractivity contribution in [3.05, 3.63) is 0 Å². The molecule has 0 radical (unpaired) electrons. The first kappa shape index (κ1) is 51.3. The molecule has 44 heavy (non-hydrogen) atoms. The van der Waals surface area contributed by atoms with Crippen LogP contribution in [-0.4, -0.2) is 26.2 Å². The van der Waals surface area contributed by atoms with Crippen LogP contribution in [0.15, 0.2) is 0 Å². The lowest BCUT2D eigenvalue weighted by molar-refractivity contribution is -0.655. The molecule has 0 fully saturated rings. The highest BCUT2D eigenvalue weighted by atomic mass is 35.5. The van der Waals surface area contributed by atoms with Crippen molar-refractivity contribution in [3.63, 3.8) is 0 Å². The predicted molar refractivity (Wildman–Crippen MR) is 194 cm³/mol. The van der Waals surface area contributed by atoms with Gasteiger partial charge in [-0.3, -0.25) is 0 Å². The molecular weight excluding hydrogens is 579 g/mol. The fourth-order valence-corrected chi connectivity index (χ4v) is 5.98. The van der Waals surface area contributed by atoms with Gasteiger partial charge in [-0.25, -0.2) is 0 Å². The van der Waals surface area contributed by atoms with Gasteiger partial charge in [-0.15, -0.1) is 0 Å². The topological polar surface area (TPSA) is 33.2 Å². The normalized spacial score (nSPS) is 10.6. The van der Waals surface area contributed by atoms with E-state index in [2.05, 4.69) is 38.3 Å². The van der Waals surface area contributed by atoms with Gasteiger partial charge in [0.15, 0.2) is 0 Å². The van der Waals surface area contributed by atoms with Gasteiger partial charge >= 0.3 is 0 Å². The van der Waals surface area contributed by atoms with E-state index >= 15 is 0 Å². The zero-order chi connectivity index (χ0) is 30.9. The molecule has 0 amide bonds. The maximum Gasteiger partial charge on any atom is 0.0755 e. The van der Waals surface area contributed by atoms with Gasteiger partial charge in [-0.1, -0.05) is 182 Å². The first-order valence-electron chi connectivity index (χ1n) is 20.5. The molecule has 0 aromatic carbocycles. The zero-order valence-corrected chi connectivity index (χ0v) is 32.9. The van der Waals surface area contributed by atoms with Crippen LogP contribution < -0.4 is 35.4 Å². The minimum atomic E-state index is 0. The molecule has 2 nitrogen and oxygen atoms in total. The van der Waals surface area contributed by atoms with Gasteiger partial charge in [0.2, 0.25) is 0 Å². The van der Waals surface area contributed by atoms with Gasteiger partial charge in [0.1, 0.15) is 0 Å². The average molecular weight is 668 g/mol. The molecule has 0 spiro atoms. The van der Waals surface area contributed by atoms with E-state index in [4.69, 9.17) is 0 Å². The molecule has 0 saturated heterocycles. The molecular formula is C40H88Cl2N2. The van der Waals surface area contributed by atoms with E-state index in [1.807, 2.05) is 0 Å². The molecule has 4 N–H and O–H groups in total. The van der Waals surface area contributed by atoms with Crippen LogP contribution in [0.25, 0.3) is 0 Å². The summed E-state index contributed by atoms with van der Waals surface area (Å²) >= 11 is 0. The largest absolute Gasteiger partial charge is 1.00 e. The molecule has 272 valence electrons. The summed E-state index contributed by atoms with van der Waals surface area (Å²) in [6.45, 7) is 14.6. The van der Waals surface area contributed by atoms with Crippen molar-refractivity contribution in [1.29, 1.82) is 0 Å². The highest BCUT2D eigenvalue weighted by Crippen LogP contribution is 2.10. The first-order chi connectivity index (χ1) is 20.8. The molecule has 0 aliphatic heterocycles. The summed E-state index contributed by atoms with van der Waals surface area (Å²) in [4.78, 5) is 0. The number of nitrogens with two attached hydrogens (primary N) is 2. The highest BCUT2D eigenvalue weighted by molar-refractivity contribution is 4.48. The SMILES string of the molecule is CCCCCCCCCC[NH2+]CCCCCCCCCC.CCCCCCCCCC[NH2+]CCCCCCCCCC.[Cl-].[Cl-]. The molecule has 0 heterocycles. The van der Waals surface area contributed by atoms with E-state index in [1.54, 1.807) is 0 Å². The lowest BCUT2D eigenvalue weighted by Crippen LogP contribution is -3.00. The number of quaternary nitrogens is 2. The summed E-state index contributed by atoms with van der Waals surface area (Å²) in [6, 6.07) is 0. The van der Waals surface area contributed by atoms with Crippen LogP contribution in [0.4, 0.5) is 0 Å². The van der Waals surface area contributed by atoms with Crippen molar-refractivity contribution in [3.8, 4) is 0 Å². The van der Waals surface area contributed by atoms with Gasteiger partial charge in [0, 0.05) is 0 Å². The standard InChI is InChI=1S/2C20H43N.2ClH/c2*1-3-5-7-9-11-13-15-17-19-21-20-18-16-14-12-10-8-6-4-2;;/h2*21H,3-20H2,1-2H3;2*1H. The Labute approximate surface area is 293 Å². The number of hydrogen-bond acceptors (Lipinski definition) is 0. The van der Waals surface area contributed by atoms with Crippen LogP contribution in [0.3, 0.4) is 0 Å². The number of hydrogen-bond donors (Lipinski definition) is 2. The third-order valence-electron chi connectivity index (χ3n) is 9.05. The summed E-state index contributed by atoms with van der Waals surface area (Å²) < 4.78 is 0. The molecule has 4 heteroatoms. The van der Waals surface area contributed by atoms with E-state index in [9.17, 15) is 0 Å². The van der Waals surface area contributed by atoms with Crippen molar-refractivity contribution in [2.24, 2.45) is 0 Å². The van der Waals surface area contributed by atoms with Crippen molar-refractivity contribution in [2.45, 2.75) is 233 Å². The third kappa shape index (κ3) is 54.9. The second kappa shape index (κ2) is 53.0. The second-order valence-electron chi connectivity index (χ2n) is 13.6. The summed E-state index contributed by atoms with van der Waals surface area (Å²) in [5.41, 5.74) is 0. The molecule has 0 rings (SSSR count). The van der Waals surface area contributed by atoms with E-state index in [-0.39, 0.29) is 24.8 Å². The fraction of sp³-hybridized carbons (Fsp3) is 1.00. The van der Waals surface area contributed by atoms with Crippen molar-refractivity contribution < 1.29 is 35.4 Å². The molecule has 0 unspecified atom stereocenters. The number of rotatable bonds is 36. The van der Waals surface area contributed by atoms with Gasteiger partial charge in [0.05, 0.1) is 26.2 Å². The van der Waals surface area contributed by atoms with Gasteiger partial charge in [0.25, 0.3) is 0 Å². The second-order valence-corrected chi connectivity index (χ2v) is 13.6. The Morgan fingerprint density at radius 3 is 0.500 bits per heavy atom. The monoisotopic (exact) mass is 667 g/mol. The maximum absolute atomic E-state index is 2.55. The maximum atomic E-state index is 2.55. The van der Waals surface area contributed by atoms with E-state index in [1.165, 1.54) is 232 Å². The van der Waals surface area contributed by atoms with Crippen LogP contribution in [-0.2, 0) is 0 Å². The summed E-state index contributed by atoms with van der Waals surface area (Å²) in [5, 5.41) is 5.10. The number of unbranched alkanes of at least 4 members (excludes halogenated alkanes) is 28. The third-order valence-corrected chi connectivity index (χ3v) is 9.05. The fourth-order valence-electron chi connectivity index (χ4n) is 5.98. The molecule has 0 aromatic heterocycles. The first-order valence-corrected chi connectivity index (χ1v) is 20.5. The lowest BCUT2D eigenvalue weighted by atomic mass is 10.1. The molecule has 0 bridgehead atoms. The number of halogens is 2. The minimum Gasteiger partial charge on any atom is -1.00 e. The van der Waals surface area contributed by atoms with Crippen molar-refractivity contribution >= 4 is 0 Å². The lowest BCUT2D eigenvalue weighted by Gasteiger charge is -2.03. The van der Waals surface area contributed by atoms with E-state index in [0.29, 0.717) is 0 Å². The molecule has 0 aromatic rings. The van der Waals surface area contributed by atoms with Crippen LogP contribution in [0.2, 0.25) is 0 Å². The summed E-state index contributed by atoms with van der Waals surface area (Å²) in [5.74, 6) is 0. The smallest absolute Gasteiger partial charge is 0.0755 e. The van der Waals surface area contributed by atoms with Gasteiger partial charge < -0.3 is 35.4 Å². The quantitative estimate of drug-likeness (QED) is 0.0809. The van der Waals surface area contributed by atoms with E-state index < -0.39 is 0 Å². The Morgan fingerprint density at radius 1 is 0.205 bits per heavy atom. The van der Waals surface area contributed by atoms with E-state index in [0.717, 1.165) is 0 Å². The minimum absolute atomic E-state index is 0.